The van der Waals surface area contributed by atoms with Crippen molar-refractivity contribution < 1.29 is 19.0 Å². The van der Waals surface area contributed by atoms with Crippen LogP contribution in [0.3, 0.4) is 0 Å². The average molecular weight is 519 g/mol. The van der Waals surface area contributed by atoms with Gasteiger partial charge in [-0.15, -0.1) is 24.0 Å². The van der Waals surface area contributed by atoms with Gasteiger partial charge in [-0.3, -0.25) is 9.79 Å². The molecule has 29 heavy (non-hydrogen) atoms. The first-order valence-electron chi connectivity index (χ1n) is 10.0. The van der Waals surface area contributed by atoms with E-state index in [1.807, 2.05) is 25.1 Å². The molecule has 1 N–H and O–H groups in total. The van der Waals surface area contributed by atoms with Crippen LogP contribution < -0.4 is 14.8 Å². The minimum Gasteiger partial charge on any atom is -0.497 e. The average Bonchev–Trinajstić information content (AvgIpc) is 2.73. The molecule has 8 heteroatoms. The molecular formula is C21H34IN3O4. The van der Waals surface area contributed by atoms with Crippen LogP contribution in [-0.2, 0) is 16.0 Å². The summed E-state index contributed by atoms with van der Waals surface area (Å²) >= 11 is 0. The number of carbonyl (C=O) groups excluding carboxylic acids is 1. The summed E-state index contributed by atoms with van der Waals surface area (Å²) in [7, 11) is 3.33. The van der Waals surface area contributed by atoms with Crippen LogP contribution in [0.1, 0.15) is 32.3 Å². The highest BCUT2D eigenvalue weighted by atomic mass is 127. The van der Waals surface area contributed by atoms with Crippen LogP contribution in [0.2, 0.25) is 0 Å². The van der Waals surface area contributed by atoms with Gasteiger partial charge in [-0.25, -0.2) is 0 Å². The first-order valence-corrected chi connectivity index (χ1v) is 10.0. The summed E-state index contributed by atoms with van der Waals surface area (Å²) in [6.07, 6.45) is 2.36. The lowest BCUT2D eigenvalue weighted by Gasteiger charge is -2.33. The number of nitrogens with one attached hydrogen (secondary N) is 1. The van der Waals surface area contributed by atoms with Crippen molar-refractivity contribution in [3.05, 3.63) is 23.8 Å². The van der Waals surface area contributed by atoms with Gasteiger partial charge >= 0.3 is 5.97 Å². The van der Waals surface area contributed by atoms with Gasteiger partial charge in [0.05, 0.1) is 26.7 Å². The minimum absolute atomic E-state index is 0. The number of hydrogen-bond donors (Lipinski definition) is 1. The van der Waals surface area contributed by atoms with Crippen LogP contribution in [-0.4, -0.2) is 63.8 Å². The predicted octanol–water partition coefficient (Wildman–Crippen LogP) is 3.10. The fourth-order valence-electron chi connectivity index (χ4n) is 3.37. The number of methoxy groups -OCH3 is 2. The van der Waals surface area contributed by atoms with E-state index in [0.29, 0.717) is 13.2 Å². The van der Waals surface area contributed by atoms with E-state index in [4.69, 9.17) is 19.2 Å². The van der Waals surface area contributed by atoms with Gasteiger partial charge in [0, 0.05) is 26.2 Å². The molecule has 0 spiro atoms. The van der Waals surface area contributed by atoms with Crippen molar-refractivity contribution in [2.45, 2.75) is 33.1 Å². The van der Waals surface area contributed by atoms with E-state index in [1.165, 1.54) is 0 Å². The Hall–Kier alpha value is -1.71. The Morgan fingerprint density at radius 2 is 1.93 bits per heavy atom. The number of halogens is 1. The molecule has 0 unspecified atom stereocenters. The smallest absolute Gasteiger partial charge is 0.309 e. The fourth-order valence-corrected chi connectivity index (χ4v) is 3.37. The zero-order valence-electron chi connectivity index (χ0n) is 17.9. The molecule has 7 nitrogen and oxygen atoms in total. The highest BCUT2D eigenvalue weighted by molar-refractivity contribution is 14.0. The Labute approximate surface area is 191 Å². The van der Waals surface area contributed by atoms with Crippen molar-refractivity contribution in [3.63, 3.8) is 0 Å². The van der Waals surface area contributed by atoms with Crippen molar-refractivity contribution >= 4 is 35.9 Å². The first-order chi connectivity index (χ1) is 13.6. The number of carbonyl (C=O) groups is 1. The maximum atomic E-state index is 11.9. The second-order valence-electron chi connectivity index (χ2n) is 6.68. The van der Waals surface area contributed by atoms with Crippen molar-refractivity contribution in [1.82, 2.24) is 10.2 Å². The standard InChI is InChI=1S/C21H33N3O4.HI/c1-5-22-21(24-13-10-16(11-14-24)20(25)28-6-2)23-12-9-17-15-18(26-3)7-8-19(17)27-4;/h7-8,15-16H,5-6,9-14H2,1-4H3,(H,22,23);1H. The molecular weight excluding hydrogens is 485 g/mol. The normalized spacial score (nSPS) is 14.8. The van der Waals surface area contributed by atoms with Crippen LogP contribution in [0.15, 0.2) is 23.2 Å². The summed E-state index contributed by atoms with van der Waals surface area (Å²) in [5, 5.41) is 3.36. The van der Waals surface area contributed by atoms with Gasteiger partial charge in [0.2, 0.25) is 0 Å². The molecule has 1 aliphatic heterocycles. The Morgan fingerprint density at radius 3 is 2.52 bits per heavy atom. The number of rotatable bonds is 8. The molecule has 0 radical (unpaired) electrons. The third-order valence-corrected chi connectivity index (χ3v) is 4.88. The maximum absolute atomic E-state index is 11.9. The fraction of sp³-hybridized carbons (Fsp3) is 0.619. The molecule has 0 aromatic heterocycles. The number of aliphatic imine (C=N–C) groups is 1. The molecule has 1 aromatic carbocycles. The number of esters is 1. The molecule has 1 fully saturated rings. The van der Waals surface area contributed by atoms with Gasteiger partial charge in [-0.05, 0) is 56.9 Å². The van der Waals surface area contributed by atoms with Crippen LogP contribution in [0.5, 0.6) is 11.5 Å². The molecule has 1 heterocycles. The summed E-state index contributed by atoms with van der Waals surface area (Å²) in [6, 6.07) is 5.80. The van der Waals surface area contributed by atoms with Gasteiger partial charge in [0.15, 0.2) is 5.96 Å². The van der Waals surface area contributed by atoms with E-state index in [-0.39, 0.29) is 35.9 Å². The van der Waals surface area contributed by atoms with Crippen LogP contribution in [0.4, 0.5) is 0 Å². The number of likely N-dealkylation sites (tertiary alicyclic amines) is 1. The van der Waals surface area contributed by atoms with E-state index in [1.54, 1.807) is 14.2 Å². The van der Waals surface area contributed by atoms with E-state index in [9.17, 15) is 4.79 Å². The second kappa shape index (κ2) is 13.5. The zero-order valence-corrected chi connectivity index (χ0v) is 20.2. The second-order valence-corrected chi connectivity index (χ2v) is 6.68. The lowest BCUT2D eigenvalue weighted by molar-refractivity contribution is -0.149. The SMILES string of the molecule is CCNC(=NCCc1cc(OC)ccc1OC)N1CCC(C(=O)OCC)CC1.I. The third kappa shape index (κ3) is 7.56. The highest BCUT2D eigenvalue weighted by Gasteiger charge is 2.27. The van der Waals surface area contributed by atoms with Gasteiger partial charge in [0.25, 0.3) is 0 Å². The molecule has 1 aliphatic rings. The molecule has 0 aliphatic carbocycles. The van der Waals surface area contributed by atoms with Gasteiger partial charge in [0.1, 0.15) is 11.5 Å². The predicted molar refractivity (Wildman–Crippen MR) is 126 cm³/mol. The Kier molecular flexibility index (Phi) is 11.8. The van der Waals surface area contributed by atoms with Gasteiger partial charge in [-0.1, -0.05) is 0 Å². The van der Waals surface area contributed by atoms with E-state index >= 15 is 0 Å². The molecule has 2 rings (SSSR count). The molecule has 0 saturated carbocycles. The molecule has 1 saturated heterocycles. The van der Waals surface area contributed by atoms with Crippen molar-refractivity contribution in [2.75, 3.05) is 47.0 Å². The largest absolute Gasteiger partial charge is 0.497 e. The third-order valence-electron chi connectivity index (χ3n) is 4.88. The molecule has 164 valence electrons. The summed E-state index contributed by atoms with van der Waals surface area (Å²) in [6.45, 7) is 7.40. The summed E-state index contributed by atoms with van der Waals surface area (Å²) in [5.74, 6) is 2.48. The lowest BCUT2D eigenvalue weighted by atomic mass is 9.97. The number of guanidine groups is 1. The Balaban J connectivity index is 0.00000420. The summed E-state index contributed by atoms with van der Waals surface area (Å²) < 4.78 is 15.9. The minimum atomic E-state index is -0.0748. The zero-order chi connectivity index (χ0) is 20.4. The van der Waals surface area contributed by atoms with Gasteiger partial charge in [-0.2, -0.15) is 0 Å². The molecule has 0 bridgehead atoms. The number of piperidine rings is 1. The number of benzene rings is 1. The van der Waals surface area contributed by atoms with Crippen molar-refractivity contribution in [1.29, 1.82) is 0 Å². The molecule has 0 amide bonds. The van der Waals surface area contributed by atoms with Crippen molar-refractivity contribution in [2.24, 2.45) is 10.9 Å². The molecule has 0 atom stereocenters. The number of ether oxygens (including phenoxy) is 3. The summed E-state index contributed by atoms with van der Waals surface area (Å²) in [5.41, 5.74) is 1.07. The van der Waals surface area contributed by atoms with E-state index < -0.39 is 0 Å². The monoisotopic (exact) mass is 519 g/mol. The quantitative estimate of drug-likeness (QED) is 0.246. The molecule has 1 aromatic rings. The lowest BCUT2D eigenvalue weighted by Crippen LogP contribution is -2.46. The van der Waals surface area contributed by atoms with E-state index in [0.717, 1.165) is 61.9 Å². The van der Waals surface area contributed by atoms with E-state index in [2.05, 4.69) is 17.1 Å². The van der Waals surface area contributed by atoms with Gasteiger partial charge < -0.3 is 24.4 Å². The summed E-state index contributed by atoms with van der Waals surface area (Å²) in [4.78, 5) is 18.9. The van der Waals surface area contributed by atoms with Crippen LogP contribution in [0, 0.1) is 5.92 Å². The number of hydrogen-bond acceptors (Lipinski definition) is 5. The maximum Gasteiger partial charge on any atom is 0.309 e. The Morgan fingerprint density at radius 1 is 1.21 bits per heavy atom. The van der Waals surface area contributed by atoms with Crippen LogP contribution in [0.25, 0.3) is 0 Å². The number of nitrogens with zero attached hydrogens (tertiary/aromatic N) is 2. The van der Waals surface area contributed by atoms with Crippen molar-refractivity contribution in [3.8, 4) is 11.5 Å². The topological polar surface area (TPSA) is 72.4 Å². The Bertz CT molecular complexity index is 661. The highest BCUT2D eigenvalue weighted by Crippen LogP contribution is 2.24. The first kappa shape index (κ1) is 25.3. The van der Waals surface area contributed by atoms with Crippen LogP contribution >= 0.6 is 24.0 Å².